The molecule has 0 aromatic rings. The van der Waals surface area contributed by atoms with Gasteiger partial charge in [-0.1, -0.05) is 19.3 Å². The molecule has 1 nitrogen and oxygen atoms in total. The van der Waals surface area contributed by atoms with Crippen LogP contribution in [0, 0.1) is 23.2 Å². The van der Waals surface area contributed by atoms with Crippen molar-refractivity contribution < 1.29 is 4.39 Å². The van der Waals surface area contributed by atoms with E-state index in [-0.39, 0.29) is 5.92 Å². The summed E-state index contributed by atoms with van der Waals surface area (Å²) >= 11 is 0. The van der Waals surface area contributed by atoms with Crippen molar-refractivity contribution in [3.05, 3.63) is 0 Å². The highest BCUT2D eigenvalue weighted by atomic mass is 19.1. The van der Waals surface area contributed by atoms with Crippen molar-refractivity contribution in [1.82, 2.24) is 0 Å². The molecule has 2 unspecified atom stereocenters. The van der Waals surface area contributed by atoms with Crippen molar-refractivity contribution in [2.45, 2.75) is 38.8 Å². The van der Waals surface area contributed by atoms with Gasteiger partial charge in [0.05, 0.1) is 6.07 Å². The lowest BCUT2D eigenvalue weighted by Gasteiger charge is -2.33. The smallest absolute Gasteiger partial charge is 0.101 e. The van der Waals surface area contributed by atoms with Crippen molar-refractivity contribution in [3.63, 3.8) is 0 Å². The minimum atomic E-state index is -0.806. The zero-order chi connectivity index (χ0) is 8.27. The number of nitriles is 1. The van der Waals surface area contributed by atoms with Crippen LogP contribution in [0.25, 0.3) is 0 Å². The van der Waals surface area contributed by atoms with Gasteiger partial charge in [-0.2, -0.15) is 5.26 Å². The molecule has 1 aliphatic carbocycles. The molecule has 0 heterocycles. The van der Waals surface area contributed by atoms with Crippen LogP contribution in [0.3, 0.4) is 0 Å². The molecule has 1 saturated carbocycles. The van der Waals surface area contributed by atoms with Gasteiger partial charge in [0.15, 0.2) is 0 Å². The molecule has 0 N–H and O–H groups in total. The van der Waals surface area contributed by atoms with E-state index in [1.54, 1.807) is 6.92 Å². The maximum atomic E-state index is 12.9. The predicted molar refractivity (Wildman–Crippen MR) is 41.6 cm³/mol. The van der Waals surface area contributed by atoms with Crippen molar-refractivity contribution >= 4 is 0 Å². The van der Waals surface area contributed by atoms with Crippen LogP contribution in [0.4, 0.5) is 4.39 Å². The summed E-state index contributed by atoms with van der Waals surface area (Å²) in [6.07, 6.45) is 3.06. The number of rotatable bonds is 3. The molecule has 0 bridgehead atoms. The summed E-state index contributed by atoms with van der Waals surface area (Å²) in [6, 6.07) is 2.06. The van der Waals surface area contributed by atoms with Crippen LogP contribution in [-0.4, -0.2) is 6.17 Å². The maximum Gasteiger partial charge on any atom is 0.101 e. The van der Waals surface area contributed by atoms with Crippen LogP contribution in [0.2, 0.25) is 0 Å². The zero-order valence-corrected chi connectivity index (χ0v) is 6.89. The fourth-order valence-electron chi connectivity index (χ4n) is 1.68. The van der Waals surface area contributed by atoms with Crippen LogP contribution in [0.1, 0.15) is 32.6 Å². The first-order valence-electron chi connectivity index (χ1n) is 4.26. The van der Waals surface area contributed by atoms with E-state index in [2.05, 4.69) is 6.07 Å². The first-order chi connectivity index (χ1) is 5.25. The summed E-state index contributed by atoms with van der Waals surface area (Å²) in [4.78, 5) is 0. The maximum absolute atomic E-state index is 12.9. The van der Waals surface area contributed by atoms with E-state index in [0.717, 1.165) is 12.8 Å². The highest BCUT2D eigenvalue weighted by molar-refractivity contribution is 4.87. The standard InChI is InChI=1S/C9H14FN/c1-7(10)9(5-6-11)8-3-2-4-8/h7-9H,2-5H2,1H3. The van der Waals surface area contributed by atoms with Gasteiger partial charge in [0.25, 0.3) is 0 Å². The van der Waals surface area contributed by atoms with E-state index in [1.165, 1.54) is 6.42 Å². The molecule has 1 rings (SSSR count). The first kappa shape index (κ1) is 8.52. The third-order valence-corrected chi connectivity index (χ3v) is 2.67. The van der Waals surface area contributed by atoms with E-state index in [1.807, 2.05) is 0 Å². The second-order valence-electron chi connectivity index (χ2n) is 3.39. The van der Waals surface area contributed by atoms with E-state index < -0.39 is 6.17 Å². The zero-order valence-electron chi connectivity index (χ0n) is 6.89. The third-order valence-electron chi connectivity index (χ3n) is 2.67. The Bertz CT molecular complexity index is 155. The molecule has 62 valence electrons. The van der Waals surface area contributed by atoms with Gasteiger partial charge in [0, 0.05) is 12.3 Å². The summed E-state index contributed by atoms with van der Waals surface area (Å²) in [5.41, 5.74) is 0. The fraction of sp³-hybridized carbons (Fsp3) is 0.889. The van der Waals surface area contributed by atoms with Gasteiger partial charge in [-0.15, -0.1) is 0 Å². The molecular formula is C9H14FN. The molecule has 0 spiro atoms. The number of hydrogen-bond donors (Lipinski definition) is 0. The van der Waals surface area contributed by atoms with Gasteiger partial charge >= 0.3 is 0 Å². The highest BCUT2D eigenvalue weighted by Gasteiger charge is 2.30. The Morgan fingerprint density at radius 2 is 2.27 bits per heavy atom. The number of nitrogens with zero attached hydrogens (tertiary/aromatic N) is 1. The molecular weight excluding hydrogens is 141 g/mol. The Hall–Kier alpha value is -0.580. The van der Waals surface area contributed by atoms with Crippen molar-refractivity contribution in [3.8, 4) is 6.07 Å². The fourth-order valence-corrected chi connectivity index (χ4v) is 1.68. The molecule has 0 aromatic carbocycles. The third kappa shape index (κ3) is 1.92. The summed E-state index contributed by atoms with van der Waals surface area (Å²) in [7, 11) is 0. The molecule has 0 saturated heterocycles. The van der Waals surface area contributed by atoms with Gasteiger partial charge in [-0.3, -0.25) is 0 Å². The highest BCUT2D eigenvalue weighted by Crippen LogP contribution is 2.37. The number of alkyl halides is 1. The molecule has 1 fully saturated rings. The average Bonchev–Trinajstić information content (AvgIpc) is 1.82. The van der Waals surface area contributed by atoms with E-state index in [9.17, 15) is 4.39 Å². The second-order valence-corrected chi connectivity index (χ2v) is 3.39. The Labute approximate surface area is 67.2 Å². The van der Waals surface area contributed by atoms with E-state index in [4.69, 9.17) is 5.26 Å². The monoisotopic (exact) mass is 155 g/mol. The molecule has 0 radical (unpaired) electrons. The van der Waals surface area contributed by atoms with Crippen LogP contribution in [0.5, 0.6) is 0 Å². The first-order valence-corrected chi connectivity index (χ1v) is 4.26. The molecule has 1 aliphatic rings. The van der Waals surface area contributed by atoms with Crippen LogP contribution in [-0.2, 0) is 0 Å². The normalized spacial score (nSPS) is 23.4. The van der Waals surface area contributed by atoms with Gasteiger partial charge in [0.2, 0.25) is 0 Å². The summed E-state index contributed by atoms with van der Waals surface area (Å²) in [5, 5.41) is 8.44. The second kappa shape index (κ2) is 3.71. The van der Waals surface area contributed by atoms with Gasteiger partial charge in [0.1, 0.15) is 6.17 Å². The molecule has 2 atom stereocenters. The van der Waals surface area contributed by atoms with E-state index in [0.29, 0.717) is 12.3 Å². The van der Waals surface area contributed by atoms with Crippen LogP contribution >= 0.6 is 0 Å². The van der Waals surface area contributed by atoms with Crippen molar-refractivity contribution in [2.24, 2.45) is 11.8 Å². The SMILES string of the molecule is CC(F)C(CC#N)C1CCC1. The van der Waals surface area contributed by atoms with Gasteiger partial charge < -0.3 is 0 Å². The number of hydrogen-bond acceptors (Lipinski definition) is 1. The largest absolute Gasteiger partial charge is 0.247 e. The summed E-state index contributed by atoms with van der Waals surface area (Å²) in [6.45, 7) is 1.57. The van der Waals surface area contributed by atoms with Crippen LogP contribution < -0.4 is 0 Å². The summed E-state index contributed by atoms with van der Waals surface area (Å²) in [5.74, 6) is 0.503. The van der Waals surface area contributed by atoms with Crippen LogP contribution in [0.15, 0.2) is 0 Å². The Morgan fingerprint density at radius 3 is 2.55 bits per heavy atom. The Balaban J connectivity index is 2.39. The predicted octanol–water partition coefficient (Wildman–Crippen LogP) is 2.67. The molecule has 0 aromatic heterocycles. The molecule has 0 aliphatic heterocycles. The van der Waals surface area contributed by atoms with Gasteiger partial charge in [-0.25, -0.2) is 4.39 Å². The quantitative estimate of drug-likeness (QED) is 0.614. The Morgan fingerprint density at radius 1 is 1.64 bits per heavy atom. The molecule has 2 heteroatoms. The van der Waals surface area contributed by atoms with Gasteiger partial charge in [-0.05, 0) is 12.8 Å². The van der Waals surface area contributed by atoms with Crippen molar-refractivity contribution in [1.29, 1.82) is 5.26 Å². The lowest BCUT2D eigenvalue weighted by atomic mass is 9.73. The lowest BCUT2D eigenvalue weighted by Crippen LogP contribution is -2.27. The molecule has 11 heavy (non-hydrogen) atoms. The number of halogens is 1. The summed E-state index contributed by atoms with van der Waals surface area (Å²) < 4.78 is 12.9. The minimum absolute atomic E-state index is 0.00810. The Kier molecular flexibility index (Phi) is 2.87. The van der Waals surface area contributed by atoms with Crippen molar-refractivity contribution in [2.75, 3.05) is 0 Å². The lowest BCUT2D eigenvalue weighted by molar-refractivity contribution is 0.123. The minimum Gasteiger partial charge on any atom is -0.247 e. The average molecular weight is 155 g/mol. The molecule has 0 amide bonds. The topological polar surface area (TPSA) is 23.8 Å². The van der Waals surface area contributed by atoms with E-state index >= 15 is 0 Å².